The molecule has 0 bridgehead atoms. The van der Waals surface area contributed by atoms with Gasteiger partial charge in [-0.2, -0.15) is 5.10 Å². The highest BCUT2D eigenvalue weighted by molar-refractivity contribution is 6.34. The van der Waals surface area contributed by atoms with Crippen LogP contribution in [0.3, 0.4) is 0 Å². The molecule has 0 aliphatic heterocycles. The van der Waals surface area contributed by atoms with Gasteiger partial charge < -0.3 is 5.41 Å². The summed E-state index contributed by atoms with van der Waals surface area (Å²) < 4.78 is 0. The van der Waals surface area contributed by atoms with E-state index in [1.165, 1.54) is 0 Å². The zero-order chi connectivity index (χ0) is 7.72. The molecule has 0 atom stereocenters. The first-order valence-electron chi connectivity index (χ1n) is 2.89. The van der Waals surface area contributed by atoms with Crippen molar-refractivity contribution in [1.82, 2.24) is 10.2 Å². The monoisotopic (exact) mass is 157 g/mol. The lowest BCUT2D eigenvalue weighted by Crippen LogP contribution is -1.92. The zero-order valence-corrected chi connectivity index (χ0v) is 6.58. The number of nitrogens with zero attached hydrogens (tertiary/aromatic N) is 1. The molecule has 0 spiro atoms. The van der Waals surface area contributed by atoms with Crippen LogP contribution in [-0.2, 0) is 0 Å². The van der Waals surface area contributed by atoms with Crippen LogP contribution in [0.1, 0.15) is 18.3 Å². The minimum absolute atomic E-state index is 0.384. The van der Waals surface area contributed by atoms with E-state index in [4.69, 9.17) is 17.0 Å². The predicted octanol–water partition coefficient (Wildman–Crippen LogP) is 1.76. The van der Waals surface area contributed by atoms with Gasteiger partial charge in [0.05, 0.1) is 16.4 Å². The van der Waals surface area contributed by atoms with Gasteiger partial charge in [0.1, 0.15) is 5.69 Å². The average molecular weight is 158 g/mol. The van der Waals surface area contributed by atoms with Crippen LogP contribution in [0.5, 0.6) is 0 Å². The van der Waals surface area contributed by atoms with Crippen molar-refractivity contribution >= 4 is 17.3 Å². The summed E-state index contributed by atoms with van der Waals surface area (Å²) in [5.41, 5.74) is 1.73. The first kappa shape index (κ1) is 7.28. The molecule has 0 fully saturated rings. The molecule has 0 radical (unpaired) electrons. The molecular weight excluding hydrogens is 150 g/mol. The van der Waals surface area contributed by atoms with E-state index in [0.717, 1.165) is 5.69 Å². The third-order valence-corrected chi connectivity index (χ3v) is 1.69. The maximum atomic E-state index is 7.22. The van der Waals surface area contributed by atoms with Gasteiger partial charge in [-0.05, 0) is 13.8 Å². The van der Waals surface area contributed by atoms with Crippen molar-refractivity contribution in [3.05, 3.63) is 16.4 Å². The van der Waals surface area contributed by atoms with Gasteiger partial charge in [-0.3, -0.25) is 5.10 Å². The number of H-pyrrole nitrogens is 1. The molecule has 1 aromatic rings. The summed E-state index contributed by atoms with van der Waals surface area (Å²) in [5, 5.41) is 14.3. The SMILES string of the molecule is CC(=N)c1n[nH]c(C)c1Cl. The molecule has 1 rings (SSSR count). The fourth-order valence-electron chi connectivity index (χ4n) is 0.664. The Morgan fingerprint density at radius 3 is 2.50 bits per heavy atom. The number of hydrogen-bond donors (Lipinski definition) is 2. The summed E-state index contributed by atoms with van der Waals surface area (Å²) in [6.45, 7) is 3.48. The number of rotatable bonds is 1. The van der Waals surface area contributed by atoms with E-state index in [2.05, 4.69) is 10.2 Å². The highest BCUT2D eigenvalue weighted by Crippen LogP contribution is 2.16. The molecule has 0 unspecified atom stereocenters. The van der Waals surface area contributed by atoms with E-state index in [1.54, 1.807) is 6.92 Å². The second-order valence-electron chi connectivity index (χ2n) is 2.14. The number of halogens is 1. The second kappa shape index (κ2) is 2.42. The summed E-state index contributed by atoms with van der Waals surface area (Å²) in [6.07, 6.45) is 0. The van der Waals surface area contributed by atoms with Crippen LogP contribution >= 0.6 is 11.6 Å². The Hall–Kier alpha value is -0.830. The summed E-state index contributed by atoms with van der Waals surface area (Å²) in [7, 11) is 0. The van der Waals surface area contributed by atoms with Gasteiger partial charge in [0.25, 0.3) is 0 Å². The summed E-state index contributed by atoms with van der Waals surface area (Å²) in [5.74, 6) is 0. The second-order valence-corrected chi connectivity index (χ2v) is 2.51. The molecule has 1 heterocycles. The topological polar surface area (TPSA) is 52.5 Å². The van der Waals surface area contributed by atoms with Crippen LogP contribution in [0.15, 0.2) is 0 Å². The Balaban J connectivity index is 3.17. The number of nitrogens with one attached hydrogen (secondary N) is 2. The fourth-order valence-corrected chi connectivity index (χ4v) is 0.890. The van der Waals surface area contributed by atoms with Crippen molar-refractivity contribution < 1.29 is 0 Å². The molecule has 54 valence electrons. The van der Waals surface area contributed by atoms with Crippen LogP contribution in [0.4, 0.5) is 0 Å². The van der Waals surface area contributed by atoms with Gasteiger partial charge in [-0.1, -0.05) is 11.6 Å². The van der Waals surface area contributed by atoms with Crippen molar-refractivity contribution in [1.29, 1.82) is 5.41 Å². The van der Waals surface area contributed by atoms with Gasteiger partial charge in [0, 0.05) is 0 Å². The first-order valence-corrected chi connectivity index (χ1v) is 3.26. The smallest absolute Gasteiger partial charge is 0.124 e. The molecule has 1 aromatic heterocycles. The van der Waals surface area contributed by atoms with Gasteiger partial charge in [-0.15, -0.1) is 0 Å². The molecule has 0 aromatic carbocycles. The molecular formula is C6H8ClN3. The minimum Gasteiger partial charge on any atom is -0.303 e. The molecule has 0 saturated carbocycles. The van der Waals surface area contributed by atoms with Crippen LogP contribution in [0, 0.1) is 12.3 Å². The van der Waals surface area contributed by atoms with Crippen molar-refractivity contribution in [2.75, 3.05) is 0 Å². The Bertz CT molecular complexity index is 264. The van der Waals surface area contributed by atoms with E-state index in [-0.39, 0.29) is 0 Å². The molecule has 10 heavy (non-hydrogen) atoms. The lowest BCUT2D eigenvalue weighted by Gasteiger charge is -1.88. The molecule has 0 amide bonds. The molecule has 0 saturated heterocycles. The average Bonchev–Trinajstić information content (AvgIpc) is 2.14. The maximum absolute atomic E-state index is 7.22. The van der Waals surface area contributed by atoms with Crippen molar-refractivity contribution in [2.24, 2.45) is 0 Å². The predicted molar refractivity (Wildman–Crippen MR) is 40.8 cm³/mol. The van der Waals surface area contributed by atoms with Crippen LogP contribution in [0.25, 0.3) is 0 Å². The maximum Gasteiger partial charge on any atom is 0.124 e. The highest BCUT2D eigenvalue weighted by Gasteiger charge is 2.07. The third kappa shape index (κ3) is 1.04. The lowest BCUT2D eigenvalue weighted by atomic mass is 10.3. The van der Waals surface area contributed by atoms with Crippen LogP contribution < -0.4 is 0 Å². The fraction of sp³-hybridized carbons (Fsp3) is 0.333. The van der Waals surface area contributed by atoms with Crippen molar-refractivity contribution in [3.63, 3.8) is 0 Å². The number of hydrogen-bond acceptors (Lipinski definition) is 2. The standard InChI is InChI=1S/C6H8ClN3/c1-3(8)6-5(7)4(2)9-10-6/h8H,1-2H3,(H,9,10). The Morgan fingerprint density at radius 1 is 1.70 bits per heavy atom. The summed E-state index contributed by atoms with van der Waals surface area (Å²) in [4.78, 5) is 0. The normalized spacial score (nSPS) is 9.90. The lowest BCUT2D eigenvalue weighted by molar-refractivity contribution is 1.04. The van der Waals surface area contributed by atoms with Crippen molar-refractivity contribution in [2.45, 2.75) is 13.8 Å². The van der Waals surface area contributed by atoms with Crippen LogP contribution in [0.2, 0.25) is 5.02 Å². The highest BCUT2D eigenvalue weighted by atomic mass is 35.5. The van der Waals surface area contributed by atoms with Gasteiger partial charge in [0.2, 0.25) is 0 Å². The molecule has 4 heteroatoms. The number of aromatic nitrogens is 2. The van der Waals surface area contributed by atoms with E-state index < -0.39 is 0 Å². The van der Waals surface area contributed by atoms with Crippen molar-refractivity contribution in [3.8, 4) is 0 Å². The summed E-state index contributed by atoms with van der Waals surface area (Å²) >= 11 is 5.77. The Kier molecular flexibility index (Phi) is 1.76. The molecule has 3 nitrogen and oxygen atoms in total. The Labute approximate surface area is 63.9 Å². The minimum atomic E-state index is 0.384. The molecule has 2 N–H and O–H groups in total. The third-order valence-electron chi connectivity index (χ3n) is 1.23. The van der Waals surface area contributed by atoms with E-state index >= 15 is 0 Å². The number of aryl methyl sites for hydroxylation is 1. The first-order chi connectivity index (χ1) is 4.63. The quantitative estimate of drug-likeness (QED) is 0.600. The van der Waals surface area contributed by atoms with Gasteiger partial charge in [0.15, 0.2) is 0 Å². The van der Waals surface area contributed by atoms with Crippen LogP contribution in [-0.4, -0.2) is 15.9 Å². The van der Waals surface area contributed by atoms with E-state index in [1.807, 2.05) is 6.92 Å². The van der Waals surface area contributed by atoms with E-state index in [9.17, 15) is 0 Å². The molecule has 0 aliphatic rings. The zero-order valence-electron chi connectivity index (χ0n) is 5.83. The summed E-state index contributed by atoms with van der Waals surface area (Å²) in [6, 6.07) is 0. The van der Waals surface area contributed by atoms with Gasteiger partial charge in [-0.25, -0.2) is 0 Å². The largest absolute Gasteiger partial charge is 0.303 e. The van der Waals surface area contributed by atoms with E-state index in [0.29, 0.717) is 16.4 Å². The van der Waals surface area contributed by atoms with Gasteiger partial charge >= 0.3 is 0 Å². The Morgan fingerprint density at radius 2 is 2.30 bits per heavy atom. The number of aromatic amines is 1. The molecule has 0 aliphatic carbocycles.